The van der Waals surface area contributed by atoms with E-state index in [9.17, 15) is 0 Å². The van der Waals surface area contributed by atoms with E-state index in [2.05, 4.69) is 24.8 Å². The Morgan fingerprint density at radius 2 is 2.12 bits per heavy atom. The van der Waals surface area contributed by atoms with Gasteiger partial charge >= 0.3 is 0 Å². The first-order chi connectivity index (χ1) is 7.99. The van der Waals surface area contributed by atoms with E-state index in [-0.39, 0.29) is 11.5 Å². The highest BCUT2D eigenvalue weighted by atomic mass is 35.5. The van der Waals surface area contributed by atoms with E-state index in [1.807, 2.05) is 18.2 Å². The fourth-order valence-corrected chi connectivity index (χ4v) is 2.45. The lowest BCUT2D eigenvalue weighted by atomic mass is 9.78. The van der Waals surface area contributed by atoms with Crippen LogP contribution in [0, 0.1) is 5.41 Å². The van der Waals surface area contributed by atoms with Crippen molar-refractivity contribution in [1.82, 2.24) is 4.90 Å². The molecule has 2 rings (SSSR count). The Hall–Kier alpha value is -0.570. The fourth-order valence-electron chi connectivity index (χ4n) is 2.26. The molecule has 0 radical (unpaired) electrons. The van der Waals surface area contributed by atoms with E-state index >= 15 is 0 Å². The van der Waals surface area contributed by atoms with Crippen LogP contribution in [0.2, 0.25) is 5.02 Å². The molecular formula is C14H21ClN2. The molecule has 0 aromatic heterocycles. The maximum atomic E-state index is 6.22. The standard InChI is InChI=1S/C14H21ClN2/c1-14(2)7-8-17(10-13(14)16)9-11-5-3-4-6-12(11)15/h3-6,13H,7-10,16H2,1-2H3. The molecule has 1 aliphatic heterocycles. The lowest BCUT2D eigenvalue weighted by Crippen LogP contribution is -2.52. The predicted octanol–water partition coefficient (Wildman–Crippen LogP) is 2.90. The zero-order valence-electron chi connectivity index (χ0n) is 10.6. The molecule has 94 valence electrons. The van der Waals surface area contributed by atoms with E-state index in [4.69, 9.17) is 17.3 Å². The minimum absolute atomic E-state index is 0.249. The molecule has 1 aromatic carbocycles. The molecule has 0 bridgehead atoms. The minimum Gasteiger partial charge on any atom is -0.326 e. The van der Waals surface area contributed by atoms with Crippen LogP contribution in [0.1, 0.15) is 25.8 Å². The average Bonchev–Trinajstić information content (AvgIpc) is 2.27. The number of hydrogen-bond acceptors (Lipinski definition) is 2. The average molecular weight is 253 g/mol. The Labute approximate surface area is 109 Å². The van der Waals surface area contributed by atoms with Crippen LogP contribution in [0.5, 0.6) is 0 Å². The Kier molecular flexibility index (Phi) is 3.76. The van der Waals surface area contributed by atoms with Gasteiger partial charge in [-0.05, 0) is 30.0 Å². The first-order valence-corrected chi connectivity index (χ1v) is 6.58. The summed E-state index contributed by atoms with van der Waals surface area (Å²) in [6.45, 7) is 7.47. The van der Waals surface area contributed by atoms with Gasteiger partial charge in [0.1, 0.15) is 0 Å². The Morgan fingerprint density at radius 1 is 1.41 bits per heavy atom. The predicted molar refractivity (Wildman–Crippen MR) is 73.1 cm³/mol. The van der Waals surface area contributed by atoms with Gasteiger partial charge in [0.05, 0.1) is 0 Å². The summed E-state index contributed by atoms with van der Waals surface area (Å²) in [6.07, 6.45) is 1.15. The monoisotopic (exact) mass is 252 g/mol. The van der Waals surface area contributed by atoms with Crippen molar-refractivity contribution in [2.45, 2.75) is 32.9 Å². The summed E-state index contributed by atoms with van der Waals surface area (Å²) in [5.41, 5.74) is 7.68. The van der Waals surface area contributed by atoms with E-state index in [0.717, 1.165) is 31.1 Å². The van der Waals surface area contributed by atoms with Crippen molar-refractivity contribution in [3.63, 3.8) is 0 Å². The molecule has 0 spiro atoms. The molecule has 1 atom stereocenters. The number of likely N-dealkylation sites (tertiary alicyclic amines) is 1. The van der Waals surface area contributed by atoms with Crippen LogP contribution in [0.15, 0.2) is 24.3 Å². The third-order valence-corrected chi connectivity index (χ3v) is 4.25. The molecular weight excluding hydrogens is 232 g/mol. The zero-order chi connectivity index (χ0) is 12.5. The molecule has 17 heavy (non-hydrogen) atoms. The number of benzene rings is 1. The molecule has 0 saturated carbocycles. The van der Waals surface area contributed by atoms with Gasteiger partial charge in [0.25, 0.3) is 0 Å². The highest BCUT2D eigenvalue weighted by Crippen LogP contribution is 2.30. The van der Waals surface area contributed by atoms with Crippen LogP contribution >= 0.6 is 11.6 Å². The number of nitrogens with zero attached hydrogens (tertiary/aromatic N) is 1. The van der Waals surface area contributed by atoms with Crippen LogP contribution in [0.25, 0.3) is 0 Å². The van der Waals surface area contributed by atoms with Crippen LogP contribution < -0.4 is 5.73 Å². The lowest BCUT2D eigenvalue weighted by molar-refractivity contribution is 0.101. The maximum absolute atomic E-state index is 6.22. The van der Waals surface area contributed by atoms with Gasteiger partial charge in [-0.3, -0.25) is 4.90 Å². The Morgan fingerprint density at radius 3 is 2.76 bits per heavy atom. The lowest BCUT2D eigenvalue weighted by Gasteiger charge is -2.42. The molecule has 1 heterocycles. The topological polar surface area (TPSA) is 29.3 Å². The van der Waals surface area contributed by atoms with Crippen molar-refractivity contribution in [2.75, 3.05) is 13.1 Å². The molecule has 1 fully saturated rings. The van der Waals surface area contributed by atoms with Crippen molar-refractivity contribution in [1.29, 1.82) is 0 Å². The summed E-state index contributed by atoms with van der Waals surface area (Å²) < 4.78 is 0. The van der Waals surface area contributed by atoms with Crippen molar-refractivity contribution in [3.8, 4) is 0 Å². The quantitative estimate of drug-likeness (QED) is 0.877. The molecule has 3 heteroatoms. The third-order valence-electron chi connectivity index (χ3n) is 3.88. The normalized spacial score (nSPS) is 24.8. The smallest absolute Gasteiger partial charge is 0.0451 e. The number of hydrogen-bond donors (Lipinski definition) is 1. The van der Waals surface area contributed by atoms with Crippen molar-refractivity contribution >= 4 is 11.6 Å². The molecule has 1 unspecified atom stereocenters. The Bertz CT molecular complexity index is 390. The largest absolute Gasteiger partial charge is 0.326 e. The molecule has 1 aliphatic rings. The van der Waals surface area contributed by atoms with Gasteiger partial charge in [-0.2, -0.15) is 0 Å². The summed E-state index contributed by atoms with van der Waals surface area (Å²) in [4.78, 5) is 2.40. The first-order valence-electron chi connectivity index (χ1n) is 6.20. The summed E-state index contributed by atoms with van der Waals surface area (Å²) in [5.74, 6) is 0. The Balaban J connectivity index is 2.00. The number of nitrogens with two attached hydrogens (primary N) is 1. The summed E-state index contributed by atoms with van der Waals surface area (Å²) in [6, 6.07) is 8.29. The molecule has 1 saturated heterocycles. The van der Waals surface area contributed by atoms with Crippen LogP contribution in [0.3, 0.4) is 0 Å². The second-order valence-electron chi connectivity index (χ2n) is 5.67. The summed E-state index contributed by atoms with van der Waals surface area (Å²) >= 11 is 6.18. The first kappa shape index (κ1) is 12.9. The number of rotatable bonds is 2. The number of piperidine rings is 1. The SMILES string of the molecule is CC1(C)CCN(Cc2ccccc2Cl)CC1N. The number of halogens is 1. The second kappa shape index (κ2) is 4.97. The molecule has 2 nitrogen and oxygen atoms in total. The van der Waals surface area contributed by atoms with Gasteiger partial charge in [0, 0.05) is 24.2 Å². The highest BCUT2D eigenvalue weighted by Gasteiger charge is 2.32. The minimum atomic E-state index is 0.249. The second-order valence-corrected chi connectivity index (χ2v) is 6.08. The van der Waals surface area contributed by atoms with E-state index in [0.29, 0.717) is 0 Å². The van der Waals surface area contributed by atoms with Crippen molar-refractivity contribution in [3.05, 3.63) is 34.9 Å². The zero-order valence-corrected chi connectivity index (χ0v) is 11.4. The van der Waals surface area contributed by atoms with E-state index in [1.54, 1.807) is 0 Å². The molecule has 0 aliphatic carbocycles. The van der Waals surface area contributed by atoms with Crippen LogP contribution in [0.4, 0.5) is 0 Å². The third kappa shape index (κ3) is 3.01. The van der Waals surface area contributed by atoms with Gasteiger partial charge in [0.15, 0.2) is 0 Å². The van der Waals surface area contributed by atoms with Crippen LogP contribution in [-0.4, -0.2) is 24.0 Å². The van der Waals surface area contributed by atoms with Gasteiger partial charge in [-0.1, -0.05) is 43.6 Å². The van der Waals surface area contributed by atoms with Crippen molar-refractivity contribution in [2.24, 2.45) is 11.1 Å². The van der Waals surface area contributed by atoms with E-state index < -0.39 is 0 Å². The van der Waals surface area contributed by atoms with E-state index in [1.165, 1.54) is 5.56 Å². The van der Waals surface area contributed by atoms with Gasteiger partial charge in [-0.15, -0.1) is 0 Å². The molecule has 0 amide bonds. The summed E-state index contributed by atoms with van der Waals surface area (Å²) in [5, 5.41) is 0.853. The van der Waals surface area contributed by atoms with Crippen LogP contribution in [-0.2, 0) is 6.54 Å². The van der Waals surface area contributed by atoms with Gasteiger partial charge in [0.2, 0.25) is 0 Å². The fraction of sp³-hybridized carbons (Fsp3) is 0.571. The van der Waals surface area contributed by atoms with Gasteiger partial charge in [-0.25, -0.2) is 0 Å². The summed E-state index contributed by atoms with van der Waals surface area (Å²) in [7, 11) is 0. The molecule has 1 aromatic rings. The van der Waals surface area contributed by atoms with Gasteiger partial charge < -0.3 is 5.73 Å². The maximum Gasteiger partial charge on any atom is 0.0451 e. The van der Waals surface area contributed by atoms with Crippen molar-refractivity contribution < 1.29 is 0 Å². The molecule has 2 N–H and O–H groups in total. The highest BCUT2D eigenvalue weighted by molar-refractivity contribution is 6.31.